The van der Waals surface area contributed by atoms with Crippen molar-refractivity contribution < 1.29 is 19.1 Å². The molecular formula is C27H24N2O4. The molecule has 0 aliphatic carbocycles. The lowest BCUT2D eigenvalue weighted by Gasteiger charge is -2.33. The van der Waals surface area contributed by atoms with E-state index in [-0.39, 0.29) is 5.91 Å². The SMILES string of the molecule is COC(=O)[C@@H]1N[C@H](c2ccccc2)[C@]2(c3ccccc3)C(=O)N(c3ccc(C)cc3)C(=O)[C@H]12. The van der Waals surface area contributed by atoms with Gasteiger partial charge in [0.2, 0.25) is 11.8 Å². The number of amides is 2. The highest BCUT2D eigenvalue weighted by Crippen LogP contribution is 2.56. The van der Waals surface area contributed by atoms with Gasteiger partial charge in [0, 0.05) is 0 Å². The lowest BCUT2D eigenvalue weighted by atomic mass is 9.66. The van der Waals surface area contributed by atoms with Crippen molar-refractivity contribution in [3.05, 3.63) is 102 Å². The predicted molar refractivity (Wildman–Crippen MR) is 123 cm³/mol. The van der Waals surface area contributed by atoms with Crippen molar-refractivity contribution in [2.45, 2.75) is 24.4 Å². The highest BCUT2D eigenvalue weighted by molar-refractivity contribution is 6.27. The van der Waals surface area contributed by atoms with E-state index in [9.17, 15) is 14.4 Å². The summed E-state index contributed by atoms with van der Waals surface area (Å²) in [5.74, 6) is -2.27. The van der Waals surface area contributed by atoms with Crippen molar-refractivity contribution in [1.82, 2.24) is 5.32 Å². The first-order valence-corrected chi connectivity index (χ1v) is 10.9. The van der Waals surface area contributed by atoms with Crippen LogP contribution in [-0.4, -0.2) is 30.9 Å². The van der Waals surface area contributed by atoms with Gasteiger partial charge in [-0.3, -0.25) is 19.7 Å². The third-order valence-electron chi connectivity index (χ3n) is 6.80. The van der Waals surface area contributed by atoms with Gasteiger partial charge in [-0.15, -0.1) is 0 Å². The fraction of sp³-hybridized carbons (Fsp3) is 0.222. The normalized spacial score (nSPS) is 26.4. The maximum atomic E-state index is 14.4. The number of nitrogens with zero attached hydrogens (tertiary/aromatic N) is 1. The molecular weight excluding hydrogens is 416 g/mol. The first kappa shape index (κ1) is 21.1. The molecule has 0 radical (unpaired) electrons. The third kappa shape index (κ3) is 3.02. The molecule has 166 valence electrons. The number of hydrogen-bond donors (Lipinski definition) is 1. The van der Waals surface area contributed by atoms with Crippen molar-refractivity contribution in [3.8, 4) is 0 Å². The molecule has 2 fully saturated rings. The number of rotatable bonds is 4. The quantitative estimate of drug-likeness (QED) is 0.498. The van der Waals surface area contributed by atoms with Crippen LogP contribution in [0.25, 0.3) is 0 Å². The Morgan fingerprint density at radius 3 is 2.12 bits per heavy atom. The summed E-state index contributed by atoms with van der Waals surface area (Å²) in [5, 5.41) is 3.30. The second kappa shape index (κ2) is 7.98. The van der Waals surface area contributed by atoms with Crippen molar-refractivity contribution in [2.24, 2.45) is 5.92 Å². The largest absolute Gasteiger partial charge is 0.468 e. The zero-order chi connectivity index (χ0) is 23.2. The number of ether oxygens (including phenoxy) is 1. The molecule has 6 nitrogen and oxygen atoms in total. The Bertz CT molecular complexity index is 1210. The van der Waals surface area contributed by atoms with E-state index in [0.29, 0.717) is 11.3 Å². The summed E-state index contributed by atoms with van der Waals surface area (Å²) in [6, 6.07) is 24.5. The van der Waals surface area contributed by atoms with Gasteiger partial charge in [-0.25, -0.2) is 4.90 Å². The number of methoxy groups -OCH3 is 1. The van der Waals surface area contributed by atoms with E-state index in [4.69, 9.17) is 4.74 Å². The van der Waals surface area contributed by atoms with E-state index in [0.717, 1.165) is 11.1 Å². The molecule has 4 atom stereocenters. The predicted octanol–water partition coefficient (Wildman–Crippen LogP) is 3.31. The zero-order valence-electron chi connectivity index (χ0n) is 18.4. The number of hydrogen-bond acceptors (Lipinski definition) is 5. The molecule has 1 N–H and O–H groups in total. The van der Waals surface area contributed by atoms with Crippen LogP contribution in [0, 0.1) is 12.8 Å². The Hall–Kier alpha value is -3.77. The van der Waals surface area contributed by atoms with Crippen molar-refractivity contribution >= 4 is 23.5 Å². The number of esters is 1. The van der Waals surface area contributed by atoms with Crippen molar-refractivity contribution in [1.29, 1.82) is 0 Å². The molecule has 3 aromatic rings. The van der Waals surface area contributed by atoms with E-state index < -0.39 is 35.3 Å². The fourth-order valence-electron chi connectivity index (χ4n) is 5.33. The highest BCUT2D eigenvalue weighted by atomic mass is 16.5. The molecule has 0 unspecified atom stereocenters. The van der Waals surface area contributed by atoms with Crippen LogP contribution in [0.1, 0.15) is 22.7 Å². The lowest BCUT2D eigenvalue weighted by molar-refractivity contribution is -0.145. The standard InChI is InChI=1S/C27H24N2O4/c1-17-13-15-20(16-14-17)29-24(30)21-22(25(31)33-2)28-23(18-9-5-3-6-10-18)27(21,26(29)32)19-11-7-4-8-12-19/h3-16,21-23,28H,1-2H3/t21-,22+,23+,27+/m0/s1. The van der Waals surface area contributed by atoms with Crippen LogP contribution >= 0.6 is 0 Å². The van der Waals surface area contributed by atoms with Crippen LogP contribution in [0.4, 0.5) is 5.69 Å². The van der Waals surface area contributed by atoms with Gasteiger partial charge in [-0.2, -0.15) is 0 Å². The van der Waals surface area contributed by atoms with Gasteiger partial charge in [0.25, 0.3) is 0 Å². The molecule has 5 rings (SSSR count). The molecule has 2 aliphatic heterocycles. The van der Waals surface area contributed by atoms with Gasteiger partial charge >= 0.3 is 5.97 Å². The number of aryl methyl sites for hydroxylation is 1. The summed E-state index contributed by atoms with van der Waals surface area (Å²) in [5.41, 5.74) is 1.73. The molecule has 6 heteroatoms. The molecule has 0 bridgehead atoms. The molecule has 3 aromatic carbocycles. The summed E-state index contributed by atoms with van der Waals surface area (Å²) in [6.45, 7) is 1.94. The second-order valence-corrected chi connectivity index (χ2v) is 8.54. The minimum atomic E-state index is -1.30. The van der Waals surface area contributed by atoms with Crippen LogP contribution in [0.15, 0.2) is 84.9 Å². The molecule has 0 saturated carbocycles. The molecule has 2 heterocycles. The van der Waals surface area contributed by atoms with Crippen molar-refractivity contribution in [2.75, 3.05) is 12.0 Å². The van der Waals surface area contributed by atoms with E-state index in [1.54, 1.807) is 12.1 Å². The van der Waals surface area contributed by atoms with Crippen molar-refractivity contribution in [3.63, 3.8) is 0 Å². The number of imide groups is 1. The Kier molecular flexibility index (Phi) is 5.10. The zero-order valence-corrected chi connectivity index (χ0v) is 18.4. The Labute approximate surface area is 192 Å². The van der Waals surface area contributed by atoms with Gasteiger partial charge in [-0.05, 0) is 30.2 Å². The summed E-state index contributed by atoms with van der Waals surface area (Å²) in [6.07, 6.45) is 0. The van der Waals surface area contributed by atoms with Crippen LogP contribution in [0.3, 0.4) is 0 Å². The first-order valence-electron chi connectivity index (χ1n) is 10.9. The molecule has 2 saturated heterocycles. The van der Waals surface area contributed by atoms with Crippen LogP contribution in [-0.2, 0) is 24.5 Å². The smallest absolute Gasteiger partial charge is 0.323 e. The lowest BCUT2D eigenvalue weighted by Crippen LogP contribution is -2.45. The number of carbonyl (C=O) groups is 3. The van der Waals surface area contributed by atoms with Gasteiger partial charge < -0.3 is 4.74 Å². The molecule has 2 amide bonds. The molecule has 2 aliphatic rings. The van der Waals surface area contributed by atoms with E-state index >= 15 is 0 Å². The number of anilines is 1. The van der Waals surface area contributed by atoms with Crippen LogP contribution < -0.4 is 10.2 Å². The Morgan fingerprint density at radius 2 is 1.52 bits per heavy atom. The van der Waals surface area contributed by atoms with Crippen LogP contribution in [0.5, 0.6) is 0 Å². The molecule has 0 spiro atoms. The van der Waals surface area contributed by atoms with Crippen LogP contribution in [0.2, 0.25) is 0 Å². The van der Waals surface area contributed by atoms with Gasteiger partial charge in [0.15, 0.2) is 0 Å². The van der Waals surface area contributed by atoms with E-state index in [1.807, 2.05) is 79.7 Å². The monoisotopic (exact) mass is 440 g/mol. The maximum Gasteiger partial charge on any atom is 0.323 e. The summed E-state index contributed by atoms with van der Waals surface area (Å²) in [4.78, 5) is 42.4. The second-order valence-electron chi connectivity index (χ2n) is 8.54. The number of carbonyl (C=O) groups excluding carboxylic acids is 3. The van der Waals surface area contributed by atoms with E-state index in [1.165, 1.54) is 12.0 Å². The summed E-state index contributed by atoms with van der Waals surface area (Å²) < 4.78 is 5.06. The van der Waals surface area contributed by atoms with E-state index in [2.05, 4.69) is 5.32 Å². The average Bonchev–Trinajstić information content (AvgIpc) is 3.33. The van der Waals surface area contributed by atoms with Gasteiger partial charge in [0.1, 0.15) is 11.5 Å². The van der Waals surface area contributed by atoms with Gasteiger partial charge in [0.05, 0.1) is 24.8 Å². The minimum absolute atomic E-state index is 0.347. The highest BCUT2D eigenvalue weighted by Gasteiger charge is 2.72. The molecule has 33 heavy (non-hydrogen) atoms. The maximum absolute atomic E-state index is 14.4. The summed E-state index contributed by atoms with van der Waals surface area (Å²) >= 11 is 0. The number of fused-ring (bicyclic) bond motifs is 1. The fourth-order valence-corrected chi connectivity index (χ4v) is 5.33. The first-order chi connectivity index (χ1) is 16.0. The topological polar surface area (TPSA) is 75.7 Å². The summed E-state index contributed by atoms with van der Waals surface area (Å²) in [7, 11) is 1.29. The number of benzene rings is 3. The number of nitrogens with one attached hydrogen (secondary N) is 1. The third-order valence-corrected chi connectivity index (χ3v) is 6.80. The minimum Gasteiger partial charge on any atom is -0.468 e. The molecule has 0 aromatic heterocycles. The Morgan fingerprint density at radius 1 is 0.909 bits per heavy atom. The van der Waals surface area contributed by atoms with Gasteiger partial charge in [-0.1, -0.05) is 78.4 Å². The Balaban J connectivity index is 1.78. The average molecular weight is 440 g/mol.